The van der Waals surface area contributed by atoms with Crippen LogP contribution in [-0.4, -0.2) is 22.1 Å². The first kappa shape index (κ1) is 14.6. The van der Waals surface area contributed by atoms with Crippen LogP contribution in [0.2, 0.25) is 0 Å². The zero-order chi connectivity index (χ0) is 17.9. The van der Waals surface area contributed by atoms with E-state index < -0.39 is 0 Å². The summed E-state index contributed by atoms with van der Waals surface area (Å²) in [5.74, 6) is 5.98. The molecule has 0 bridgehead atoms. The highest BCUT2D eigenvalue weighted by Gasteiger charge is 2.89. The molecule has 6 fully saturated rings. The van der Waals surface area contributed by atoms with Crippen molar-refractivity contribution < 1.29 is 14.3 Å². The lowest BCUT2D eigenvalue weighted by Crippen LogP contribution is -2.62. The summed E-state index contributed by atoms with van der Waals surface area (Å²) in [4.78, 5) is 22.4. The standard InChI is InChI=1S/C24H26O3/c1-22-4-2-12(25)7-17(22)13-8-14(13)20-16(22)3-5-23-10-11-6-19(26)27-24(11,23)18-9-15(18)21(20)23/h7,10,13-16,18,20-21H,2-6,8-9H2,1H3/p+1/t13-,14+,15-,16+,18+,20-,21+,22-,23-,24+/m1/s1. The molecule has 0 aromatic carbocycles. The van der Waals surface area contributed by atoms with Crippen molar-refractivity contribution in [2.75, 3.05) is 0 Å². The Balaban J connectivity index is 1.28. The average molecular weight is 363 g/mol. The van der Waals surface area contributed by atoms with Crippen molar-refractivity contribution in [3.63, 3.8) is 0 Å². The summed E-state index contributed by atoms with van der Waals surface area (Å²) in [5.41, 5.74) is 3.32. The molecule has 8 rings (SSSR count). The second-order valence-electron chi connectivity index (χ2n) is 11.4. The molecule has 0 aromatic heterocycles. The lowest BCUT2D eigenvalue weighted by atomic mass is 9.41. The monoisotopic (exact) mass is 363 g/mol. The molecule has 3 heteroatoms. The van der Waals surface area contributed by atoms with Gasteiger partial charge in [0.25, 0.3) is 0 Å². The van der Waals surface area contributed by atoms with E-state index in [1.54, 1.807) is 0 Å². The number of allylic oxidation sites excluding steroid dienone is 1. The first-order chi connectivity index (χ1) is 13.0. The number of hydrogen-bond donors (Lipinski definition) is 0. The quantitative estimate of drug-likeness (QED) is 0.373. The molecule has 140 valence electrons. The molecule has 1 saturated heterocycles. The highest BCUT2D eigenvalue weighted by molar-refractivity contribution is 5.92. The average Bonchev–Trinajstić information content (AvgIpc) is 3.53. The summed E-state index contributed by atoms with van der Waals surface area (Å²) in [5, 5.41) is 0. The fourth-order valence-electron chi connectivity index (χ4n) is 10.0. The van der Waals surface area contributed by atoms with Crippen LogP contribution in [0.15, 0.2) is 23.3 Å². The summed E-state index contributed by atoms with van der Waals surface area (Å²) in [6, 6.07) is 0. The second kappa shape index (κ2) is 3.86. The SMILES string of the molecule is C[C@]12CCC(=O)C=C1[C@@H]1C[C@@H]1[C@H]1[C@@H]3[C@@H]4C[C@@H]4[C@@]45OC(=[OH+])CC4=C[C@]35CC[C@@H]12. The molecule has 8 aliphatic rings. The van der Waals surface area contributed by atoms with E-state index in [1.807, 2.05) is 0 Å². The van der Waals surface area contributed by atoms with E-state index in [2.05, 4.69) is 19.1 Å². The topological polar surface area (TPSA) is 47.7 Å². The highest BCUT2D eigenvalue weighted by Crippen LogP contribution is 2.86. The van der Waals surface area contributed by atoms with Gasteiger partial charge in [-0.3, -0.25) is 4.79 Å². The third-order valence-corrected chi connectivity index (χ3v) is 10.8. The maximum absolute atomic E-state index is 12.2. The number of esters is 1. The van der Waals surface area contributed by atoms with Crippen LogP contribution in [-0.2, 0) is 9.53 Å². The van der Waals surface area contributed by atoms with Crippen molar-refractivity contribution in [2.24, 2.45) is 52.3 Å². The predicted molar refractivity (Wildman–Crippen MR) is 99.2 cm³/mol. The molecule has 1 heterocycles. The van der Waals surface area contributed by atoms with Gasteiger partial charge in [0.2, 0.25) is 5.60 Å². The van der Waals surface area contributed by atoms with Crippen LogP contribution >= 0.6 is 0 Å². The van der Waals surface area contributed by atoms with Gasteiger partial charge in [0, 0.05) is 17.9 Å². The minimum atomic E-state index is -0.110. The van der Waals surface area contributed by atoms with E-state index in [0.717, 1.165) is 42.4 Å². The van der Waals surface area contributed by atoms with Crippen LogP contribution < -0.4 is 0 Å². The van der Waals surface area contributed by atoms with Gasteiger partial charge in [-0.05, 0) is 79.1 Å². The molecule has 10 atom stereocenters. The molecule has 27 heavy (non-hydrogen) atoms. The van der Waals surface area contributed by atoms with Gasteiger partial charge in [0.15, 0.2) is 5.78 Å². The molecule has 3 nitrogen and oxygen atoms in total. The lowest BCUT2D eigenvalue weighted by Gasteiger charge is -2.61. The largest absolute Gasteiger partial charge is 0.488 e. The van der Waals surface area contributed by atoms with E-state index in [9.17, 15) is 9.59 Å². The number of carbonyl (C=O) groups is 1. The Morgan fingerprint density at radius 1 is 1.19 bits per heavy atom. The molecule has 0 amide bonds. The minimum Gasteiger partial charge on any atom is -0.339 e. The highest BCUT2D eigenvalue weighted by atomic mass is 16.6. The van der Waals surface area contributed by atoms with Crippen LogP contribution in [0, 0.1) is 52.3 Å². The number of hydrogen-bond acceptors (Lipinski definition) is 2. The van der Waals surface area contributed by atoms with E-state index in [-0.39, 0.29) is 22.4 Å². The molecule has 0 radical (unpaired) electrons. The molecule has 0 unspecified atom stereocenters. The van der Waals surface area contributed by atoms with E-state index in [1.165, 1.54) is 36.8 Å². The third kappa shape index (κ3) is 1.27. The van der Waals surface area contributed by atoms with Crippen LogP contribution in [0.3, 0.4) is 0 Å². The summed E-state index contributed by atoms with van der Waals surface area (Å²) in [6.45, 7) is 2.50. The van der Waals surface area contributed by atoms with Crippen molar-refractivity contribution >= 4 is 11.8 Å². The molecule has 0 aromatic rings. The van der Waals surface area contributed by atoms with E-state index in [4.69, 9.17) is 4.74 Å². The Morgan fingerprint density at radius 2 is 2.07 bits per heavy atom. The van der Waals surface area contributed by atoms with Crippen LogP contribution in [0.5, 0.6) is 0 Å². The van der Waals surface area contributed by atoms with Gasteiger partial charge in [0.05, 0.1) is 5.41 Å². The summed E-state index contributed by atoms with van der Waals surface area (Å²) in [7, 11) is 0. The second-order valence-corrected chi connectivity index (χ2v) is 11.4. The zero-order valence-corrected chi connectivity index (χ0v) is 15.9. The lowest BCUT2D eigenvalue weighted by molar-refractivity contribution is -0.127. The number of rotatable bonds is 0. The summed E-state index contributed by atoms with van der Waals surface area (Å²) in [6.07, 6.45) is 12.3. The van der Waals surface area contributed by atoms with Crippen molar-refractivity contribution in [3.8, 4) is 0 Å². The van der Waals surface area contributed by atoms with E-state index >= 15 is 0 Å². The van der Waals surface area contributed by atoms with Gasteiger partial charge in [-0.15, -0.1) is 0 Å². The maximum Gasteiger partial charge on any atom is 0.488 e. The smallest absolute Gasteiger partial charge is 0.339 e. The van der Waals surface area contributed by atoms with Gasteiger partial charge >= 0.3 is 5.97 Å². The zero-order valence-electron chi connectivity index (χ0n) is 15.9. The van der Waals surface area contributed by atoms with Crippen molar-refractivity contribution in [1.82, 2.24) is 0 Å². The van der Waals surface area contributed by atoms with Crippen LogP contribution in [0.25, 0.3) is 0 Å². The Hall–Kier alpha value is -1.38. The molecule has 2 spiro atoms. The van der Waals surface area contributed by atoms with E-state index in [0.29, 0.717) is 24.0 Å². The van der Waals surface area contributed by atoms with Gasteiger partial charge in [0.1, 0.15) is 6.42 Å². The number of ether oxygens (including phenoxy) is 1. The Labute approximate surface area is 159 Å². The fraction of sp³-hybridized carbons (Fsp3) is 0.750. The maximum atomic E-state index is 12.2. The third-order valence-electron chi connectivity index (χ3n) is 10.8. The molecular weight excluding hydrogens is 336 g/mol. The Kier molecular flexibility index (Phi) is 2.09. The number of carbonyl (C=O) groups excluding carboxylic acids is 2. The summed E-state index contributed by atoms with van der Waals surface area (Å²) >= 11 is 0. The molecule has 1 N–H and O–H groups in total. The van der Waals surface area contributed by atoms with Crippen LogP contribution in [0.1, 0.15) is 51.9 Å². The first-order valence-corrected chi connectivity index (χ1v) is 11.2. The van der Waals surface area contributed by atoms with Gasteiger partial charge < -0.3 is 9.53 Å². The number of fused-ring (bicyclic) bond motifs is 9. The van der Waals surface area contributed by atoms with Gasteiger partial charge in [-0.2, -0.15) is 0 Å². The number of ketones is 1. The molecule has 5 saturated carbocycles. The normalized spacial score (nSPS) is 62.9. The molecule has 1 aliphatic heterocycles. The van der Waals surface area contributed by atoms with Gasteiger partial charge in [-0.25, -0.2) is 0 Å². The summed E-state index contributed by atoms with van der Waals surface area (Å²) < 4.78 is 6.31. The van der Waals surface area contributed by atoms with Crippen molar-refractivity contribution in [3.05, 3.63) is 23.3 Å². The molecule has 7 aliphatic carbocycles. The molecular formula is C24H27O3+. The van der Waals surface area contributed by atoms with Crippen molar-refractivity contribution in [2.45, 2.75) is 57.5 Å². The minimum absolute atomic E-state index is 0.110. The Morgan fingerprint density at radius 3 is 2.93 bits per heavy atom. The predicted octanol–water partition coefficient (Wildman–Crippen LogP) is 3.81. The Bertz CT molecular complexity index is 928. The fourth-order valence-corrected chi connectivity index (χ4v) is 10.0. The van der Waals surface area contributed by atoms with Crippen molar-refractivity contribution in [1.29, 1.82) is 0 Å². The van der Waals surface area contributed by atoms with Gasteiger partial charge in [-0.1, -0.05) is 18.6 Å². The first-order valence-electron chi connectivity index (χ1n) is 11.2. The van der Waals surface area contributed by atoms with Crippen LogP contribution in [0.4, 0.5) is 0 Å².